The van der Waals surface area contributed by atoms with E-state index in [1.54, 1.807) is 65.5 Å². The smallest absolute Gasteiger partial charge is 0.408 e. The van der Waals surface area contributed by atoms with E-state index < -0.39 is 77.3 Å². The Kier molecular flexibility index (Phi) is 18.7. The van der Waals surface area contributed by atoms with E-state index in [-0.39, 0.29) is 49.0 Å². The Bertz CT molecular complexity index is 2320. The molecular formula is C57H79N5O10. The van der Waals surface area contributed by atoms with Gasteiger partial charge in [0.1, 0.15) is 29.8 Å². The second kappa shape index (κ2) is 24.3. The Balaban J connectivity index is 1.11. The number of alkyl carbamates (subject to hydrolysis) is 1. The van der Waals surface area contributed by atoms with Gasteiger partial charge < -0.3 is 44.7 Å². The highest BCUT2D eigenvalue weighted by Crippen LogP contribution is 2.44. The zero-order chi connectivity index (χ0) is 52.5. The number of likely N-dealkylation sites (tertiary alicyclic amines) is 1. The quantitative estimate of drug-likeness (QED) is 0.0901. The molecule has 3 aromatic carbocycles. The lowest BCUT2D eigenvalue weighted by molar-refractivity contribution is -0.159. The number of amides is 5. The van der Waals surface area contributed by atoms with Gasteiger partial charge in [0.25, 0.3) is 0 Å². The van der Waals surface area contributed by atoms with E-state index in [0.29, 0.717) is 19.4 Å². The Hall–Kier alpha value is -5.80. The molecule has 1 heterocycles. The molecule has 7 atom stereocenters. The number of benzene rings is 3. The molecule has 1 saturated carbocycles. The first-order valence-corrected chi connectivity index (χ1v) is 25.8. The summed E-state index contributed by atoms with van der Waals surface area (Å²) in [7, 11) is 4.80. The number of fused-ring (bicyclic) bond motifs is 3. The van der Waals surface area contributed by atoms with E-state index >= 15 is 0 Å². The average molecular weight is 994 g/mol. The first kappa shape index (κ1) is 55.5. The molecule has 2 aliphatic carbocycles. The Morgan fingerprint density at radius 2 is 1.36 bits per heavy atom. The number of nitrogens with zero attached hydrogens (tertiary/aromatic N) is 2. The minimum Gasteiger partial charge on any atom is -0.458 e. The number of hydrogen-bond acceptors (Lipinski definition) is 10. The summed E-state index contributed by atoms with van der Waals surface area (Å²) in [6, 6.07) is 22.7. The Labute approximate surface area is 426 Å². The van der Waals surface area contributed by atoms with Gasteiger partial charge in [-0.2, -0.15) is 0 Å². The summed E-state index contributed by atoms with van der Waals surface area (Å²) < 4.78 is 23.7. The number of nitrogens with one attached hydrogen (secondary N) is 3. The highest BCUT2D eigenvalue weighted by molar-refractivity contribution is 5.94. The van der Waals surface area contributed by atoms with Gasteiger partial charge in [0.15, 0.2) is 0 Å². The van der Waals surface area contributed by atoms with Crippen LogP contribution in [0.1, 0.15) is 123 Å². The zero-order valence-electron chi connectivity index (χ0n) is 44.3. The van der Waals surface area contributed by atoms with Crippen LogP contribution in [-0.2, 0) is 49.3 Å². The molecule has 1 saturated heterocycles. The van der Waals surface area contributed by atoms with E-state index in [4.69, 9.17) is 18.9 Å². The third-order valence-electron chi connectivity index (χ3n) is 14.8. The molecule has 1 aliphatic heterocycles. The molecule has 0 radical (unpaired) electrons. The molecule has 0 spiro atoms. The monoisotopic (exact) mass is 994 g/mol. The molecule has 3 N–H and O–H groups in total. The van der Waals surface area contributed by atoms with E-state index in [1.165, 1.54) is 7.11 Å². The molecule has 3 aromatic rings. The third-order valence-corrected chi connectivity index (χ3v) is 14.8. The summed E-state index contributed by atoms with van der Waals surface area (Å²) >= 11 is 0. The van der Waals surface area contributed by atoms with Gasteiger partial charge in [-0.15, -0.1) is 0 Å². The molecule has 0 unspecified atom stereocenters. The number of likely N-dealkylation sites (N-methyl/N-ethyl adjacent to an activating group) is 1. The standard InChI is InChI=1S/C57H79N5O10/c1-35(2)48(59-54(67)57(7,8)60-55(68)71-34-43-41-28-19-17-26-39(41)40-27-18-20-29-42(40)43)52(65)61(9)49(38-24-15-16-25-38)46(69-10)33-47(63)62-31-21-30-45(62)50(70-11)36(3)51(64)58-44(53(66)72-56(4,5)6)32-37-22-13-12-14-23-37/h12-14,17-20,22-23,26-29,35-36,38,43-46,48-50H,15-16,21,24-25,30-34H2,1-11H3,(H,58,64)(H,59,67)(H,60,68)/t36-,44+,45+,46-,48+,49+,50-/m1/s1. The lowest BCUT2D eigenvalue weighted by Gasteiger charge is -2.41. The number of methoxy groups -OCH3 is 2. The van der Waals surface area contributed by atoms with E-state index in [1.807, 2.05) is 80.6 Å². The highest BCUT2D eigenvalue weighted by atomic mass is 16.6. The van der Waals surface area contributed by atoms with Gasteiger partial charge >= 0.3 is 12.1 Å². The van der Waals surface area contributed by atoms with Gasteiger partial charge in [-0.3, -0.25) is 19.2 Å². The van der Waals surface area contributed by atoms with Crippen LogP contribution in [0.15, 0.2) is 78.9 Å². The first-order valence-electron chi connectivity index (χ1n) is 25.8. The molecule has 392 valence electrons. The molecule has 0 bridgehead atoms. The minimum atomic E-state index is -1.45. The van der Waals surface area contributed by atoms with Crippen molar-refractivity contribution in [3.05, 3.63) is 95.6 Å². The van der Waals surface area contributed by atoms with Crippen molar-refractivity contribution in [2.45, 2.75) is 160 Å². The number of hydrogen-bond donors (Lipinski definition) is 3. The van der Waals surface area contributed by atoms with E-state index in [0.717, 1.165) is 53.5 Å². The van der Waals surface area contributed by atoms with Crippen molar-refractivity contribution in [2.75, 3.05) is 34.4 Å². The van der Waals surface area contributed by atoms with Crippen LogP contribution in [0.3, 0.4) is 0 Å². The van der Waals surface area contributed by atoms with Gasteiger partial charge in [0, 0.05) is 40.2 Å². The van der Waals surface area contributed by atoms with Crippen LogP contribution in [0.4, 0.5) is 4.79 Å². The van der Waals surface area contributed by atoms with Crippen molar-refractivity contribution >= 4 is 35.7 Å². The normalized spacial score (nSPS) is 18.5. The fraction of sp³-hybridized carbons (Fsp3) is 0.579. The maximum Gasteiger partial charge on any atom is 0.408 e. The van der Waals surface area contributed by atoms with E-state index in [9.17, 15) is 28.8 Å². The van der Waals surface area contributed by atoms with Crippen molar-refractivity contribution in [1.82, 2.24) is 25.8 Å². The summed E-state index contributed by atoms with van der Waals surface area (Å²) in [5.74, 6) is -3.23. The summed E-state index contributed by atoms with van der Waals surface area (Å²) in [4.78, 5) is 87.7. The van der Waals surface area contributed by atoms with Crippen LogP contribution in [0.25, 0.3) is 11.1 Å². The predicted molar refractivity (Wildman–Crippen MR) is 276 cm³/mol. The Morgan fingerprint density at radius 3 is 1.93 bits per heavy atom. The van der Waals surface area contributed by atoms with Gasteiger partial charge in [-0.05, 0) is 100.0 Å². The first-order chi connectivity index (χ1) is 34.1. The van der Waals surface area contributed by atoms with Gasteiger partial charge in [0.2, 0.25) is 23.6 Å². The molecule has 15 heteroatoms. The van der Waals surface area contributed by atoms with Gasteiger partial charge in [-0.25, -0.2) is 9.59 Å². The molecule has 15 nitrogen and oxygen atoms in total. The summed E-state index contributed by atoms with van der Waals surface area (Å²) in [6.45, 7) is 14.5. The van der Waals surface area contributed by atoms with Crippen molar-refractivity contribution < 1.29 is 47.7 Å². The summed E-state index contributed by atoms with van der Waals surface area (Å²) in [6.07, 6.45) is 2.98. The number of rotatable bonds is 21. The number of carbonyl (C=O) groups is 6. The van der Waals surface area contributed by atoms with Gasteiger partial charge in [0.05, 0.1) is 36.6 Å². The Morgan fingerprint density at radius 1 is 0.764 bits per heavy atom. The number of ether oxygens (including phenoxy) is 4. The zero-order valence-corrected chi connectivity index (χ0v) is 44.3. The van der Waals surface area contributed by atoms with Crippen LogP contribution in [0.5, 0.6) is 0 Å². The van der Waals surface area contributed by atoms with Crippen molar-refractivity contribution in [1.29, 1.82) is 0 Å². The van der Waals surface area contributed by atoms with Crippen molar-refractivity contribution in [3.63, 3.8) is 0 Å². The fourth-order valence-electron chi connectivity index (χ4n) is 11.0. The van der Waals surface area contributed by atoms with Crippen LogP contribution in [0.2, 0.25) is 0 Å². The molecule has 5 amide bonds. The van der Waals surface area contributed by atoms with Crippen molar-refractivity contribution in [2.24, 2.45) is 17.8 Å². The molecule has 0 aromatic heterocycles. The summed E-state index contributed by atoms with van der Waals surface area (Å²) in [5, 5.41) is 8.62. The predicted octanol–water partition coefficient (Wildman–Crippen LogP) is 7.58. The van der Waals surface area contributed by atoms with E-state index in [2.05, 4.69) is 28.1 Å². The maximum absolute atomic E-state index is 14.8. The third kappa shape index (κ3) is 13.4. The second-order valence-electron chi connectivity index (χ2n) is 21.8. The summed E-state index contributed by atoms with van der Waals surface area (Å²) in [5.41, 5.74) is 2.99. The topological polar surface area (TPSA) is 182 Å². The fourth-order valence-corrected chi connectivity index (χ4v) is 11.0. The van der Waals surface area contributed by atoms with Crippen molar-refractivity contribution in [3.8, 4) is 11.1 Å². The highest BCUT2D eigenvalue weighted by Gasteiger charge is 2.45. The molecular weight excluding hydrogens is 915 g/mol. The van der Waals surface area contributed by atoms with Crippen LogP contribution >= 0.6 is 0 Å². The van der Waals surface area contributed by atoms with Crippen LogP contribution < -0.4 is 16.0 Å². The number of esters is 1. The van der Waals surface area contributed by atoms with Gasteiger partial charge in [-0.1, -0.05) is 112 Å². The lowest BCUT2D eigenvalue weighted by atomic mass is 9.88. The largest absolute Gasteiger partial charge is 0.458 e. The molecule has 72 heavy (non-hydrogen) atoms. The second-order valence-corrected chi connectivity index (χ2v) is 21.8. The molecule has 2 fully saturated rings. The maximum atomic E-state index is 14.8. The molecule has 6 rings (SSSR count). The van der Waals surface area contributed by atoms with Crippen LogP contribution in [0, 0.1) is 17.8 Å². The lowest BCUT2D eigenvalue weighted by Crippen LogP contribution is -2.62. The average Bonchev–Trinajstić information content (AvgIpc) is 4.12. The SMILES string of the molecule is CO[C@H]([C@@H](C)C(=O)N[C@@H](Cc1ccccc1)C(=O)OC(C)(C)C)[C@@H]1CCCN1C(=O)C[C@@H](OC)[C@H](C1CCCC1)N(C)C(=O)[C@@H](NC(=O)C(C)(C)NC(=O)OCC1c2ccccc2-c2ccccc21)C(C)C. The number of carbonyl (C=O) groups excluding carboxylic acids is 6. The minimum absolute atomic E-state index is 0.0314. The van der Waals surface area contributed by atoms with Crippen LogP contribution in [-0.4, -0.2) is 127 Å². The molecule has 3 aliphatic rings.